The molecule has 0 aliphatic rings. The molecule has 0 aliphatic carbocycles. The first kappa shape index (κ1) is 17.1. The molecule has 0 amide bonds. The van der Waals surface area contributed by atoms with E-state index in [2.05, 4.69) is 18.6 Å². The van der Waals surface area contributed by atoms with Crippen LogP contribution in [0.1, 0.15) is 54.9 Å². The van der Waals surface area contributed by atoms with Crippen molar-refractivity contribution in [1.29, 1.82) is 0 Å². The molecule has 2 N–H and O–H groups in total. The van der Waals surface area contributed by atoms with Gasteiger partial charge in [0.1, 0.15) is 0 Å². The van der Waals surface area contributed by atoms with E-state index in [4.69, 9.17) is 0 Å². The fourth-order valence-electron chi connectivity index (χ4n) is 1.30. The molecule has 3 nitrogen and oxygen atoms in total. The summed E-state index contributed by atoms with van der Waals surface area (Å²) >= 11 is 0. The van der Waals surface area contributed by atoms with Crippen molar-refractivity contribution in [3.8, 4) is 0 Å². The van der Waals surface area contributed by atoms with E-state index in [1.165, 1.54) is 0 Å². The van der Waals surface area contributed by atoms with Crippen LogP contribution >= 0.6 is 0 Å². The molecule has 104 valence electrons. The molecule has 0 fully saturated rings. The number of hydrogen-bond acceptors (Lipinski definition) is 2. The molecule has 0 saturated heterocycles. The lowest BCUT2D eigenvalue weighted by molar-refractivity contribution is 0.100. The highest BCUT2D eigenvalue weighted by Gasteiger charge is 2.26. The fraction of sp³-hybridized carbons (Fsp3) is 1.00. The molecule has 3 atom stereocenters. The molecule has 0 aliphatic heterocycles. The summed E-state index contributed by atoms with van der Waals surface area (Å²) in [5.41, 5.74) is 0. The second-order valence-electron chi connectivity index (χ2n) is 6.40. The Morgan fingerprint density at radius 2 is 1.59 bits per heavy atom. The fourth-order valence-corrected chi connectivity index (χ4v) is 2.30. The molecule has 0 heterocycles. The lowest BCUT2D eigenvalue weighted by Gasteiger charge is -2.29. The van der Waals surface area contributed by atoms with Gasteiger partial charge in [0.05, 0.1) is 21.8 Å². The molecule has 0 aromatic rings. The van der Waals surface area contributed by atoms with E-state index in [1.54, 1.807) is 0 Å². The van der Waals surface area contributed by atoms with E-state index in [-0.39, 0.29) is 22.8 Å². The molecule has 0 spiro atoms. The van der Waals surface area contributed by atoms with Gasteiger partial charge in [0, 0.05) is 6.04 Å². The molecular weight excluding hydrogens is 234 g/mol. The third-order valence-electron chi connectivity index (χ3n) is 2.88. The number of rotatable bonds is 6. The van der Waals surface area contributed by atoms with E-state index in [9.17, 15) is 9.32 Å². The minimum Gasteiger partial charge on any atom is -0.393 e. The third kappa shape index (κ3) is 6.53. The molecule has 17 heavy (non-hydrogen) atoms. The maximum atomic E-state index is 12.0. The zero-order chi connectivity index (χ0) is 13.8. The molecular formula is C13H29NO2S. The summed E-state index contributed by atoms with van der Waals surface area (Å²) in [5.74, 6) is 0.593. The number of hydrogen-bond donors (Lipinski definition) is 2. The molecule has 0 aromatic heterocycles. The average molecular weight is 263 g/mol. The Bertz CT molecular complexity index is 246. The number of aliphatic hydroxyl groups excluding tert-OH is 1. The highest BCUT2D eigenvalue weighted by atomic mass is 32.2. The van der Waals surface area contributed by atoms with Gasteiger partial charge in [-0.3, -0.25) is 0 Å². The van der Waals surface area contributed by atoms with Crippen LogP contribution in [0.5, 0.6) is 0 Å². The van der Waals surface area contributed by atoms with Crippen LogP contribution in [0.25, 0.3) is 0 Å². The normalized spacial score (nSPS) is 18.5. The summed E-state index contributed by atoms with van der Waals surface area (Å²) in [7, 11) is -1.08. The van der Waals surface area contributed by atoms with Crippen molar-refractivity contribution >= 4 is 11.0 Å². The number of nitrogens with one attached hydrogen (secondary N) is 1. The topological polar surface area (TPSA) is 49.3 Å². The lowest BCUT2D eigenvalue weighted by atomic mass is 9.94. The Hall–Kier alpha value is 0.0700. The Balaban J connectivity index is 4.51. The third-order valence-corrected chi connectivity index (χ3v) is 4.51. The van der Waals surface area contributed by atoms with Gasteiger partial charge in [-0.1, -0.05) is 27.7 Å². The van der Waals surface area contributed by atoms with Gasteiger partial charge in [0.15, 0.2) is 0 Å². The Kier molecular flexibility index (Phi) is 6.89. The maximum Gasteiger partial charge on any atom is 0.0972 e. The minimum atomic E-state index is -1.08. The van der Waals surface area contributed by atoms with Crippen LogP contribution in [-0.2, 0) is 11.0 Å². The number of aliphatic hydroxyl groups is 1. The average Bonchev–Trinajstić information content (AvgIpc) is 2.14. The van der Waals surface area contributed by atoms with Gasteiger partial charge in [0.2, 0.25) is 0 Å². The lowest BCUT2D eigenvalue weighted by Crippen LogP contribution is -2.44. The summed E-state index contributed by atoms with van der Waals surface area (Å²) in [5, 5.41) is 9.92. The summed E-state index contributed by atoms with van der Waals surface area (Å²) in [6.45, 7) is 14.0. The van der Waals surface area contributed by atoms with Gasteiger partial charge < -0.3 is 5.11 Å². The summed E-state index contributed by atoms with van der Waals surface area (Å²) < 4.78 is 14.9. The zero-order valence-electron chi connectivity index (χ0n) is 12.3. The van der Waals surface area contributed by atoms with Gasteiger partial charge in [-0.25, -0.2) is 8.93 Å². The van der Waals surface area contributed by atoms with E-state index >= 15 is 0 Å². The Morgan fingerprint density at radius 3 is 1.88 bits per heavy atom. The van der Waals surface area contributed by atoms with E-state index in [0.29, 0.717) is 12.3 Å². The molecule has 0 radical (unpaired) electrons. The van der Waals surface area contributed by atoms with Gasteiger partial charge in [-0.2, -0.15) is 0 Å². The monoisotopic (exact) mass is 263 g/mol. The van der Waals surface area contributed by atoms with Gasteiger partial charge >= 0.3 is 0 Å². The molecule has 0 aromatic carbocycles. The molecule has 0 saturated carbocycles. The van der Waals surface area contributed by atoms with Crippen molar-refractivity contribution in [3.05, 3.63) is 0 Å². The van der Waals surface area contributed by atoms with Crippen LogP contribution < -0.4 is 4.72 Å². The van der Waals surface area contributed by atoms with Crippen molar-refractivity contribution in [1.82, 2.24) is 4.72 Å². The van der Waals surface area contributed by atoms with Crippen LogP contribution in [0.4, 0.5) is 0 Å². The Morgan fingerprint density at radius 1 is 1.12 bits per heavy atom. The van der Waals surface area contributed by atoms with Crippen molar-refractivity contribution in [2.45, 2.75) is 71.8 Å². The molecule has 1 unspecified atom stereocenters. The second kappa shape index (κ2) is 6.86. The summed E-state index contributed by atoms with van der Waals surface area (Å²) in [6.07, 6.45) is 0.309. The highest BCUT2D eigenvalue weighted by Crippen LogP contribution is 2.17. The van der Waals surface area contributed by atoms with Crippen LogP contribution in [0.15, 0.2) is 0 Å². The molecule has 4 heteroatoms. The van der Waals surface area contributed by atoms with Gasteiger partial charge in [-0.15, -0.1) is 0 Å². The smallest absolute Gasteiger partial charge is 0.0972 e. The first-order valence-corrected chi connectivity index (χ1v) is 7.56. The van der Waals surface area contributed by atoms with Gasteiger partial charge in [-0.05, 0) is 39.0 Å². The van der Waals surface area contributed by atoms with Crippen LogP contribution in [-0.4, -0.2) is 26.2 Å². The zero-order valence-corrected chi connectivity index (χ0v) is 13.1. The first-order valence-electron chi connectivity index (χ1n) is 6.41. The van der Waals surface area contributed by atoms with Crippen molar-refractivity contribution in [2.75, 3.05) is 0 Å². The SMILES string of the molecule is CC(C)[C@H](C[C@H](O)C(C)C)NS(=O)C(C)(C)C. The van der Waals surface area contributed by atoms with Crippen LogP contribution in [0, 0.1) is 11.8 Å². The molecule has 0 bridgehead atoms. The predicted molar refractivity (Wildman–Crippen MR) is 75.1 cm³/mol. The summed E-state index contributed by atoms with van der Waals surface area (Å²) in [6, 6.07) is 0.0902. The maximum absolute atomic E-state index is 12.0. The standard InChI is InChI=1S/C13H29NO2S/c1-9(2)11(8-12(15)10(3)4)14-17(16)13(5,6)7/h9-12,14-15H,8H2,1-7H3/t11-,12-,17?/m0/s1. The van der Waals surface area contributed by atoms with Crippen molar-refractivity contribution < 1.29 is 9.32 Å². The van der Waals surface area contributed by atoms with Gasteiger partial charge in [0.25, 0.3) is 0 Å². The highest BCUT2D eigenvalue weighted by molar-refractivity contribution is 7.84. The second-order valence-corrected chi connectivity index (χ2v) is 8.39. The first-order chi connectivity index (χ1) is 7.55. The summed E-state index contributed by atoms with van der Waals surface area (Å²) in [4.78, 5) is 0. The van der Waals surface area contributed by atoms with E-state index in [1.807, 2.05) is 34.6 Å². The predicted octanol–water partition coefficient (Wildman–Crippen LogP) is 2.47. The van der Waals surface area contributed by atoms with Crippen molar-refractivity contribution in [2.24, 2.45) is 11.8 Å². The quantitative estimate of drug-likeness (QED) is 0.773. The van der Waals surface area contributed by atoms with E-state index in [0.717, 1.165) is 0 Å². The van der Waals surface area contributed by atoms with Crippen LogP contribution in [0.3, 0.4) is 0 Å². The molecule has 0 rings (SSSR count). The van der Waals surface area contributed by atoms with Crippen molar-refractivity contribution in [3.63, 3.8) is 0 Å². The minimum absolute atomic E-state index is 0.0902. The van der Waals surface area contributed by atoms with Crippen LogP contribution in [0.2, 0.25) is 0 Å². The Labute approximate surface area is 109 Å². The largest absolute Gasteiger partial charge is 0.393 e. The van der Waals surface area contributed by atoms with E-state index < -0.39 is 11.0 Å².